The van der Waals surface area contributed by atoms with Crippen molar-refractivity contribution in [1.29, 1.82) is 5.26 Å². The van der Waals surface area contributed by atoms with E-state index in [0.29, 0.717) is 24.1 Å². The van der Waals surface area contributed by atoms with Gasteiger partial charge in [0.15, 0.2) is 0 Å². The molecule has 0 bridgehead atoms. The SMILES string of the molecule is N#Cc1ccc2c3c1[C@@H](Br)[C@H](O)C[C@H]3CN2C(=O)c1ccccc1. The van der Waals surface area contributed by atoms with Gasteiger partial charge in [-0.15, -0.1) is 0 Å². The maximum atomic E-state index is 12.9. The number of hydrogen-bond acceptors (Lipinski definition) is 3. The molecule has 2 aromatic rings. The number of aliphatic hydroxyl groups excluding tert-OH is 1. The van der Waals surface area contributed by atoms with Gasteiger partial charge < -0.3 is 10.0 Å². The third-order valence-corrected chi connectivity index (χ3v) is 5.96. The lowest BCUT2D eigenvalue weighted by Crippen LogP contribution is -2.31. The first-order chi connectivity index (χ1) is 11.6. The van der Waals surface area contributed by atoms with Crippen LogP contribution in [0.5, 0.6) is 0 Å². The second kappa shape index (κ2) is 5.73. The standard InChI is InChI=1S/C19H15BrN2O2/c20-18-15(23)8-13-10-22(19(24)11-4-2-1-3-5-11)14-7-6-12(9-21)17(18)16(13)14/h1-7,13,15,18,23H,8,10H2/t13-,15+,18-/m0/s1. The van der Waals surface area contributed by atoms with Gasteiger partial charge in [-0.3, -0.25) is 4.79 Å². The summed E-state index contributed by atoms with van der Waals surface area (Å²) in [4.78, 5) is 14.4. The molecule has 3 atom stereocenters. The summed E-state index contributed by atoms with van der Waals surface area (Å²) >= 11 is 3.53. The molecule has 2 aromatic carbocycles. The van der Waals surface area contributed by atoms with Crippen LogP contribution in [0.25, 0.3) is 0 Å². The summed E-state index contributed by atoms with van der Waals surface area (Å²) in [6.07, 6.45) is 0.0280. The molecular weight excluding hydrogens is 368 g/mol. The topological polar surface area (TPSA) is 64.3 Å². The first kappa shape index (κ1) is 15.4. The Morgan fingerprint density at radius 1 is 1.21 bits per heavy atom. The summed E-state index contributed by atoms with van der Waals surface area (Å²) in [5.74, 6) is 0.0253. The smallest absolute Gasteiger partial charge is 0.258 e. The number of halogens is 1. The fourth-order valence-corrected chi connectivity index (χ4v) is 4.53. The van der Waals surface area contributed by atoms with E-state index < -0.39 is 6.10 Å². The minimum Gasteiger partial charge on any atom is -0.392 e. The Bertz CT molecular complexity index is 860. The van der Waals surface area contributed by atoms with Crippen LogP contribution in [0.1, 0.15) is 44.2 Å². The van der Waals surface area contributed by atoms with E-state index in [0.717, 1.165) is 16.8 Å². The lowest BCUT2D eigenvalue weighted by atomic mass is 9.80. The molecule has 4 rings (SSSR count). The molecule has 0 fully saturated rings. The number of amides is 1. The Morgan fingerprint density at radius 2 is 1.96 bits per heavy atom. The van der Waals surface area contributed by atoms with E-state index in [2.05, 4.69) is 22.0 Å². The molecule has 1 N–H and O–H groups in total. The molecule has 0 aromatic heterocycles. The maximum Gasteiger partial charge on any atom is 0.258 e. The molecule has 24 heavy (non-hydrogen) atoms. The number of hydrogen-bond donors (Lipinski definition) is 1. The molecule has 2 aliphatic rings. The normalized spacial score (nSPS) is 24.4. The van der Waals surface area contributed by atoms with Crippen LogP contribution < -0.4 is 4.90 Å². The number of nitrogens with zero attached hydrogens (tertiary/aromatic N) is 2. The molecule has 1 amide bonds. The van der Waals surface area contributed by atoms with Crippen molar-refractivity contribution in [3.05, 3.63) is 64.7 Å². The van der Waals surface area contributed by atoms with Crippen molar-refractivity contribution in [2.75, 3.05) is 11.4 Å². The molecule has 0 saturated heterocycles. The molecular formula is C19H15BrN2O2. The van der Waals surface area contributed by atoms with Gasteiger partial charge in [-0.05, 0) is 41.8 Å². The highest BCUT2D eigenvalue weighted by Gasteiger charge is 2.43. The largest absolute Gasteiger partial charge is 0.392 e. The van der Waals surface area contributed by atoms with E-state index in [1.54, 1.807) is 11.0 Å². The highest BCUT2D eigenvalue weighted by atomic mass is 79.9. The zero-order valence-corrected chi connectivity index (χ0v) is 14.4. The van der Waals surface area contributed by atoms with Crippen LogP contribution in [0.4, 0.5) is 5.69 Å². The van der Waals surface area contributed by atoms with Gasteiger partial charge in [0.1, 0.15) is 0 Å². The highest BCUT2D eigenvalue weighted by Crippen LogP contribution is 2.51. The lowest BCUT2D eigenvalue weighted by Gasteiger charge is -2.30. The number of aliphatic hydroxyl groups is 1. The third kappa shape index (κ3) is 2.18. The van der Waals surface area contributed by atoms with Crippen molar-refractivity contribution < 1.29 is 9.90 Å². The van der Waals surface area contributed by atoms with E-state index >= 15 is 0 Å². The molecule has 0 spiro atoms. The summed E-state index contributed by atoms with van der Waals surface area (Å²) in [5.41, 5.74) is 3.94. The van der Waals surface area contributed by atoms with Crippen LogP contribution in [-0.4, -0.2) is 23.7 Å². The highest BCUT2D eigenvalue weighted by molar-refractivity contribution is 9.09. The van der Waals surface area contributed by atoms with Crippen molar-refractivity contribution in [3.63, 3.8) is 0 Å². The molecule has 1 heterocycles. The van der Waals surface area contributed by atoms with Gasteiger partial charge in [0.05, 0.1) is 22.6 Å². The number of anilines is 1. The number of carbonyl (C=O) groups is 1. The Labute approximate surface area is 148 Å². The summed E-state index contributed by atoms with van der Waals surface area (Å²) in [7, 11) is 0. The number of alkyl halides is 1. The van der Waals surface area contributed by atoms with Gasteiger partial charge in [0, 0.05) is 23.7 Å². The number of nitriles is 1. The van der Waals surface area contributed by atoms with Crippen LogP contribution >= 0.6 is 15.9 Å². The molecule has 120 valence electrons. The van der Waals surface area contributed by atoms with Crippen LogP contribution in [0, 0.1) is 11.3 Å². The van der Waals surface area contributed by atoms with Crippen LogP contribution in [-0.2, 0) is 0 Å². The van der Waals surface area contributed by atoms with E-state index in [1.807, 2.05) is 36.4 Å². The minimum absolute atomic E-state index is 0.0440. The first-order valence-corrected chi connectivity index (χ1v) is 8.79. The third-order valence-electron chi connectivity index (χ3n) is 4.89. The molecule has 4 nitrogen and oxygen atoms in total. The quantitative estimate of drug-likeness (QED) is 0.767. The van der Waals surface area contributed by atoms with E-state index in [-0.39, 0.29) is 16.7 Å². The Hall–Kier alpha value is -2.16. The number of rotatable bonds is 1. The zero-order valence-electron chi connectivity index (χ0n) is 12.8. The van der Waals surface area contributed by atoms with Crippen molar-refractivity contribution in [1.82, 2.24) is 0 Å². The predicted molar refractivity (Wildman–Crippen MR) is 94.3 cm³/mol. The van der Waals surface area contributed by atoms with E-state index in [4.69, 9.17) is 0 Å². The Morgan fingerprint density at radius 3 is 2.67 bits per heavy atom. The van der Waals surface area contributed by atoms with E-state index in [9.17, 15) is 15.2 Å². The summed E-state index contributed by atoms with van der Waals surface area (Å²) in [6, 6.07) is 15.0. The Balaban J connectivity index is 1.84. The fraction of sp³-hybridized carbons (Fsp3) is 0.263. The lowest BCUT2D eigenvalue weighted by molar-refractivity contribution is 0.0984. The average molecular weight is 383 g/mol. The summed E-state index contributed by atoms with van der Waals surface area (Å²) in [6.45, 7) is 0.543. The van der Waals surface area contributed by atoms with Gasteiger partial charge in [-0.25, -0.2) is 0 Å². The van der Waals surface area contributed by atoms with Crippen LogP contribution in [0.15, 0.2) is 42.5 Å². The number of carbonyl (C=O) groups excluding carboxylic acids is 1. The molecule has 1 aliphatic carbocycles. The number of benzene rings is 2. The molecule has 0 saturated carbocycles. The average Bonchev–Trinajstić information content (AvgIpc) is 2.98. The molecule has 0 unspecified atom stereocenters. The van der Waals surface area contributed by atoms with Crippen molar-refractivity contribution in [2.45, 2.75) is 23.3 Å². The zero-order chi connectivity index (χ0) is 16.8. The summed E-state index contributed by atoms with van der Waals surface area (Å²) < 4.78 is 0. The van der Waals surface area contributed by atoms with Gasteiger partial charge in [0.25, 0.3) is 5.91 Å². The molecule has 5 heteroatoms. The van der Waals surface area contributed by atoms with Gasteiger partial charge in [-0.2, -0.15) is 5.26 Å². The second-order valence-corrected chi connectivity index (χ2v) is 7.24. The van der Waals surface area contributed by atoms with Crippen molar-refractivity contribution >= 4 is 27.5 Å². The molecule has 0 radical (unpaired) electrons. The van der Waals surface area contributed by atoms with Crippen molar-refractivity contribution in [3.8, 4) is 6.07 Å². The maximum absolute atomic E-state index is 12.9. The van der Waals surface area contributed by atoms with Crippen LogP contribution in [0.3, 0.4) is 0 Å². The predicted octanol–water partition coefficient (Wildman–Crippen LogP) is 3.50. The summed E-state index contributed by atoms with van der Waals surface area (Å²) in [5, 5.41) is 19.8. The first-order valence-electron chi connectivity index (χ1n) is 7.87. The van der Waals surface area contributed by atoms with Gasteiger partial charge in [-0.1, -0.05) is 34.1 Å². The van der Waals surface area contributed by atoms with Gasteiger partial charge >= 0.3 is 0 Å². The van der Waals surface area contributed by atoms with Crippen LogP contribution in [0.2, 0.25) is 0 Å². The second-order valence-electron chi connectivity index (χ2n) is 6.25. The van der Waals surface area contributed by atoms with E-state index in [1.165, 1.54) is 0 Å². The van der Waals surface area contributed by atoms with Gasteiger partial charge in [0.2, 0.25) is 0 Å². The molecule has 1 aliphatic heterocycles. The minimum atomic E-state index is -0.559. The monoisotopic (exact) mass is 382 g/mol. The van der Waals surface area contributed by atoms with Crippen molar-refractivity contribution in [2.24, 2.45) is 0 Å². The fourth-order valence-electron chi connectivity index (χ4n) is 3.82. The Kier molecular flexibility index (Phi) is 3.67.